The second-order valence-electron chi connectivity index (χ2n) is 1.66. The van der Waals surface area contributed by atoms with Crippen LogP contribution in [0.15, 0.2) is 19.1 Å². The molecule has 3 heteroatoms. The predicted octanol–water partition coefficient (Wildman–Crippen LogP) is 0.476. The topological polar surface area (TPSA) is 38.0 Å². The summed E-state index contributed by atoms with van der Waals surface area (Å²) in [6, 6.07) is 0. The maximum absolute atomic E-state index is 8.54. The van der Waals surface area contributed by atoms with Crippen molar-refractivity contribution in [1.82, 2.24) is 9.55 Å². The molecule has 0 aliphatic rings. The number of nitrogens with zero attached hydrogens (tertiary/aromatic N) is 2. The van der Waals surface area contributed by atoms with Crippen LogP contribution in [0.25, 0.3) is 6.08 Å². The van der Waals surface area contributed by atoms with Gasteiger partial charge in [-0.1, -0.05) is 6.58 Å². The predicted molar refractivity (Wildman–Crippen MR) is 34.5 cm³/mol. The zero-order valence-electron chi connectivity index (χ0n) is 4.99. The first kappa shape index (κ1) is 6.04. The molecule has 0 aromatic carbocycles. The average Bonchev–Trinajstić information content (AvgIpc) is 2.34. The Morgan fingerprint density at radius 3 is 3.00 bits per heavy atom. The molecule has 3 nitrogen and oxygen atoms in total. The van der Waals surface area contributed by atoms with Crippen molar-refractivity contribution >= 4 is 6.08 Å². The van der Waals surface area contributed by atoms with Gasteiger partial charge in [0.1, 0.15) is 6.73 Å². The van der Waals surface area contributed by atoms with Crippen LogP contribution in [0, 0.1) is 0 Å². The highest BCUT2D eigenvalue weighted by atomic mass is 16.3. The number of aliphatic hydroxyl groups excluding tert-OH is 1. The van der Waals surface area contributed by atoms with Crippen molar-refractivity contribution < 1.29 is 5.11 Å². The van der Waals surface area contributed by atoms with Crippen molar-refractivity contribution in [3.63, 3.8) is 0 Å². The number of imidazole rings is 1. The largest absolute Gasteiger partial charge is 0.376 e. The third-order valence-electron chi connectivity index (χ3n) is 1.03. The second-order valence-corrected chi connectivity index (χ2v) is 1.66. The van der Waals surface area contributed by atoms with Crippen LogP contribution in [0.5, 0.6) is 0 Å². The van der Waals surface area contributed by atoms with E-state index in [4.69, 9.17) is 5.11 Å². The Hall–Kier alpha value is -1.09. The van der Waals surface area contributed by atoms with Crippen molar-refractivity contribution in [2.75, 3.05) is 0 Å². The number of rotatable bonds is 2. The molecule has 9 heavy (non-hydrogen) atoms. The van der Waals surface area contributed by atoms with Crippen LogP contribution in [0.2, 0.25) is 0 Å². The molecular weight excluding hydrogens is 116 g/mol. The molecule has 0 aliphatic heterocycles. The van der Waals surface area contributed by atoms with E-state index in [9.17, 15) is 0 Å². The molecule has 1 aromatic heterocycles. The maximum Gasteiger partial charge on any atom is 0.120 e. The summed E-state index contributed by atoms with van der Waals surface area (Å²) in [5.74, 6) is 0. The van der Waals surface area contributed by atoms with Crippen LogP contribution in [0.1, 0.15) is 5.69 Å². The van der Waals surface area contributed by atoms with Gasteiger partial charge >= 0.3 is 0 Å². The Morgan fingerprint density at radius 2 is 2.67 bits per heavy atom. The molecule has 1 aromatic rings. The molecule has 0 bridgehead atoms. The van der Waals surface area contributed by atoms with Crippen LogP contribution in [-0.4, -0.2) is 14.7 Å². The molecule has 0 saturated carbocycles. The molecule has 0 fully saturated rings. The number of aromatic nitrogens is 2. The van der Waals surface area contributed by atoms with Crippen molar-refractivity contribution in [1.29, 1.82) is 0 Å². The molecule has 1 heterocycles. The van der Waals surface area contributed by atoms with Crippen LogP contribution in [-0.2, 0) is 6.73 Å². The summed E-state index contributed by atoms with van der Waals surface area (Å²) in [6.45, 7) is 3.49. The Bertz CT molecular complexity index is 205. The van der Waals surface area contributed by atoms with Gasteiger partial charge in [0.2, 0.25) is 0 Å². The van der Waals surface area contributed by atoms with E-state index in [0.717, 1.165) is 5.69 Å². The molecule has 0 atom stereocenters. The summed E-state index contributed by atoms with van der Waals surface area (Å²) in [5, 5.41) is 8.54. The van der Waals surface area contributed by atoms with E-state index >= 15 is 0 Å². The van der Waals surface area contributed by atoms with Gasteiger partial charge in [0.15, 0.2) is 0 Å². The molecule has 0 saturated heterocycles. The molecule has 0 unspecified atom stereocenters. The summed E-state index contributed by atoms with van der Waals surface area (Å²) >= 11 is 0. The summed E-state index contributed by atoms with van der Waals surface area (Å²) in [7, 11) is 0. The second kappa shape index (κ2) is 2.46. The van der Waals surface area contributed by atoms with Gasteiger partial charge in [-0.05, 0) is 6.08 Å². The first-order valence-electron chi connectivity index (χ1n) is 2.62. The lowest BCUT2D eigenvalue weighted by molar-refractivity contribution is 0.210. The van der Waals surface area contributed by atoms with Crippen LogP contribution < -0.4 is 0 Å². The normalized spacial score (nSPS) is 9.44. The van der Waals surface area contributed by atoms with Crippen molar-refractivity contribution in [3.8, 4) is 0 Å². The highest BCUT2D eigenvalue weighted by molar-refractivity contribution is 5.39. The summed E-state index contributed by atoms with van der Waals surface area (Å²) in [6.07, 6.45) is 4.90. The number of hydrogen-bond donors (Lipinski definition) is 1. The highest BCUT2D eigenvalue weighted by Gasteiger charge is 1.89. The number of aliphatic hydroxyl groups is 1. The average molecular weight is 124 g/mol. The molecule has 0 spiro atoms. The Balaban J connectivity index is 2.86. The molecule has 1 N–H and O–H groups in total. The molecular formula is C6H8N2O. The Labute approximate surface area is 53.3 Å². The van der Waals surface area contributed by atoms with Crippen LogP contribution >= 0.6 is 0 Å². The fourth-order valence-electron chi connectivity index (χ4n) is 0.560. The number of hydrogen-bond acceptors (Lipinski definition) is 2. The zero-order chi connectivity index (χ0) is 6.69. The van der Waals surface area contributed by atoms with Gasteiger partial charge in [-0.2, -0.15) is 0 Å². The van der Waals surface area contributed by atoms with Gasteiger partial charge in [0, 0.05) is 6.20 Å². The smallest absolute Gasteiger partial charge is 0.120 e. The standard InChI is InChI=1S/C6H8N2O/c1-2-6-3-8(5-9)4-7-6/h2-4,9H,1,5H2. The third-order valence-corrected chi connectivity index (χ3v) is 1.03. The lowest BCUT2D eigenvalue weighted by Gasteiger charge is -1.88. The summed E-state index contributed by atoms with van der Waals surface area (Å²) < 4.78 is 1.57. The van der Waals surface area contributed by atoms with E-state index in [1.165, 1.54) is 0 Å². The summed E-state index contributed by atoms with van der Waals surface area (Å²) in [4.78, 5) is 3.89. The van der Waals surface area contributed by atoms with Crippen LogP contribution in [0.4, 0.5) is 0 Å². The minimum atomic E-state index is -0.0269. The summed E-state index contributed by atoms with van der Waals surface area (Å²) in [5.41, 5.74) is 0.782. The van der Waals surface area contributed by atoms with Gasteiger partial charge < -0.3 is 9.67 Å². The van der Waals surface area contributed by atoms with E-state index in [1.807, 2.05) is 0 Å². The van der Waals surface area contributed by atoms with E-state index in [2.05, 4.69) is 11.6 Å². The maximum atomic E-state index is 8.54. The first-order valence-corrected chi connectivity index (χ1v) is 2.62. The first-order chi connectivity index (χ1) is 4.36. The lowest BCUT2D eigenvalue weighted by Crippen LogP contribution is -1.89. The molecule has 1 rings (SSSR count). The highest BCUT2D eigenvalue weighted by Crippen LogP contribution is 1.94. The van der Waals surface area contributed by atoms with E-state index in [1.54, 1.807) is 23.2 Å². The Morgan fingerprint density at radius 1 is 1.89 bits per heavy atom. The minimum Gasteiger partial charge on any atom is -0.376 e. The van der Waals surface area contributed by atoms with E-state index in [0.29, 0.717) is 0 Å². The third kappa shape index (κ3) is 1.17. The molecule has 0 aliphatic carbocycles. The fraction of sp³-hybridized carbons (Fsp3) is 0.167. The Kier molecular flexibility index (Phi) is 1.65. The lowest BCUT2D eigenvalue weighted by atomic mass is 10.5. The van der Waals surface area contributed by atoms with Gasteiger partial charge in [0.05, 0.1) is 12.0 Å². The fourth-order valence-corrected chi connectivity index (χ4v) is 0.560. The van der Waals surface area contributed by atoms with Crippen LogP contribution in [0.3, 0.4) is 0 Å². The SMILES string of the molecule is C=Cc1cn(CO)cn1. The molecule has 0 amide bonds. The van der Waals surface area contributed by atoms with E-state index < -0.39 is 0 Å². The van der Waals surface area contributed by atoms with Crippen molar-refractivity contribution in [2.45, 2.75) is 6.73 Å². The minimum absolute atomic E-state index is 0.0269. The van der Waals surface area contributed by atoms with Gasteiger partial charge in [-0.25, -0.2) is 4.98 Å². The van der Waals surface area contributed by atoms with Crippen molar-refractivity contribution in [3.05, 3.63) is 24.8 Å². The zero-order valence-corrected chi connectivity index (χ0v) is 4.99. The van der Waals surface area contributed by atoms with Crippen molar-refractivity contribution in [2.24, 2.45) is 0 Å². The van der Waals surface area contributed by atoms with Gasteiger partial charge in [-0.15, -0.1) is 0 Å². The molecule has 48 valence electrons. The quantitative estimate of drug-likeness (QED) is 0.622. The van der Waals surface area contributed by atoms with E-state index in [-0.39, 0.29) is 6.73 Å². The van der Waals surface area contributed by atoms with Gasteiger partial charge in [-0.3, -0.25) is 0 Å². The van der Waals surface area contributed by atoms with Gasteiger partial charge in [0.25, 0.3) is 0 Å². The monoisotopic (exact) mass is 124 g/mol. The molecule has 0 radical (unpaired) electrons.